The summed E-state index contributed by atoms with van der Waals surface area (Å²) in [5.41, 5.74) is 1.44. The van der Waals surface area contributed by atoms with Gasteiger partial charge in [0, 0.05) is 19.6 Å². The third-order valence-electron chi connectivity index (χ3n) is 3.56. The second-order valence-corrected chi connectivity index (χ2v) is 6.40. The van der Waals surface area contributed by atoms with E-state index in [1.807, 2.05) is 6.92 Å². The smallest absolute Gasteiger partial charge is 0.367 e. The SMILES string of the molecule is CCNC(=NCc1ccc(COCC(F)(F)F)cc1)NCCN(C)CC(F)(F)F. The molecule has 0 radical (unpaired) electrons. The normalized spacial score (nSPS) is 13.1. The molecule has 0 aromatic heterocycles. The zero-order chi connectivity index (χ0) is 21.9. The van der Waals surface area contributed by atoms with Crippen molar-refractivity contribution in [3.63, 3.8) is 0 Å². The highest BCUT2D eigenvalue weighted by atomic mass is 19.4. The fraction of sp³-hybridized carbons (Fsp3) is 0.611. The molecule has 0 aliphatic carbocycles. The molecule has 29 heavy (non-hydrogen) atoms. The standard InChI is InChI=1S/C18H26F6N4O/c1-3-25-16(26-8-9-28(2)12-17(19,20)21)27-10-14-4-6-15(7-5-14)11-29-13-18(22,23)24/h4-7H,3,8-13H2,1-2H3,(H2,25,26,27). The number of benzene rings is 1. The molecule has 1 rings (SSSR count). The number of halogens is 6. The van der Waals surface area contributed by atoms with Crippen LogP contribution in [0.5, 0.6) is 0 Å². The molecule has 166 valence electrons. The van der Waals surface area contributed by atoms with Gasteiger partial charge < -0.3 is 15.4 Å². The molecule has 11 heteroatoms. The Bertz CT molecular complexity index is 616. The van der Waals surface area contributed by atoms with Crippen molar-refractivity contribution < 1.29 is 31.1 Å². The first-order valence-corrected chi connectivity index (χ1v) is 8.98. The minimum Gasteiger partial charge on any atom is -0.367 e. The second-order valence-electron chi connectivity index (χ2n) is 6.40. The number of ether oxygens (including phenoxy) is 1. The second kappa shape index (κ2) is 11.9. The van der Waals surface area contributed by atoms with Crippen LogP contribution in [0.4, 0.5) is 26.3 Å². The topological polar surface area (TPSA) is 48.9 Å². The zero-order valence-corrected chi connectivity index (χ0v) is 16.3. The summed E-state index contributed by atoms with van der Waals surface area (Å²) in [7, 11) is 1.39. The maximum atomic E-state index is 12.3. The lowest BCUT2D eigenvalue weighted by molar-refractivity contribution is -0.176. The molecule has 0 saturated carbocycles. The molecule has 0 aliphatic heterocycles. The lowest BCUT2D eigenvalue weighted by Crippen LogP contribution is -2.42. The molecule has 0 amide bonds. The van der Waals surface area contributed by atoms with E-state index in [9.17, 15) is 26.3 Å². The van der Waals surface area contributed by atoms with Crippen LogP contribution in [0.2, 0.25) is 0 Å². The predicted molar refractivity (Wildman–Crippen MR) is 98.5 cm³/mol. The Hall–Kier alpha value is -2.01. The van der Waals surface area contributed by atoms with E-state index < -0.39 is 25.5 Å². The van der Waals surface area contributed by atoms with Gasteiger partial charge in [0.2, 0.25) is 0 Å². The Morgan fingerprint density at radius 3 is 2.17 bits per heavy atom. The molecule has 1 aromatic rings. The van der Waals surface area contributed by atoms with Crippen molar-refractivity contribution in [1.82, 2.24) is 15.5 Å². The van der Waals surface area contributed by atoms with Crippen molar-refractivity contribution in [2.45, 2.75) is 32.4 Å². The van der Waals surface area contributed by atoms with Crippen LogP contribution in [0.25, 0.3) is 0 Å². The highest BCUT2D eigenvalue weighted by molar-refractivity contribution is 5.79. The van der Waals surface area contributed by atoms with Gasteiger partial charge >= 0.3 is 12.4 Å². The molecule has 0 bridgehead atoms. The monoisotopic (exact) mass is 428 g/mol. The summed E-state index contributed by atoms with van der Waals surface area (Å²) in [6.07, 6.45) is -8.59. The number of likely N-dealkylation sites (N-methyl/N-ethyl adjacent to an activating group) is 1. The molecule has 0 aliphatic rings. The Kier molecular flexibility index (Phi) is 10.2. The first kappa shape index (κ1) is 25.0. The third-order valence-corrected chi connectivity index (χ3v) is 3.56. The van der Waals surface area contributed by atoms with E-state index in [2.05, 4.69) is 20.4 Å². The van der Waals surface area contributed by atoms with E-state index >= 15 is 0 Å². The van der Waals surface area contributed by atoms with Crippen molar-refractivity contribution in [3.8, 4) is 0 Å². The maximum absolute atomic E-state index is 12.3. The number of hydrogen-bond donors (Lipinski definition) is 2. The average molecular weight is 428 g/mol. The summed E-state index contributed by atoms with van der Waals surface area (Å²) in [6, 6.07) is 6.79. The first-order chi connectivity index (χ1) is 13.5. The van der Waals surface area contributed by atoms with E-state index in [1.54, 1.807) is 24.3 Å². The van der Waals surface area contributed by atoms with E-state index in [0.717, 1.165) is 10.5 Å². The molecular weight excluding hydrogens is 402 g/mol. The minimum atomic E-state index is -4.36. The molecule has 1 aromatic carbocycles. The van der Waals surface area contributed by atoms with Crippen LogP contribution >= 0.6 is 0 Å². The van der Waals surface area contributed by atoms with Gasteiger partial charge in [-0.2, -0.15) is 26.3 Å². The number of alkyl halides is 6. The van der Waals surface area contributed by atoms with Gasteiger partial charge in [-0.15, -0.1) is 0 Å². The highest BCUT2D eigenvalue weighted by Crippen LogP contribution is 2.16. The average Bonchev–Trinajstić information content (AvgIpc) is 2.58. The molecule has 0 atom stereocenters. The quantitative estimate of drug-likeness (QED) is 0.341. The fourth-order valence-corrected chi connectivity index (χ4v) is 2.29. The molecule has 0 unspecified atom stereocenters. The van der Waals surface area contributed by atoms with Crippen molar-refractivity contribution in [2.24, 2.45) is 4.99 Å². The van der Waals surface area contributed by atoms with Crippen LogP contribution in [0.3, 0.4) is 0 Å². The zero-order valence-electron chi connectivity index (χ0n) is 16.3. The number of nitrogens with one attached hydrogen (secondary N) is 2. The van der Waals surface area contributed by atoms with E-state index in [4.69, 9.17) is 0 Å². The van der Waals surface area contributed by atoms with Gasteiger partial charge in [0.05, 0.1) is 19.7 Å². The molecular formula is C18H26F6N4O. The Labute approximate surface area is 166 Å². The van der Waals surface area contributed by atoms with Crippen LogP contribution in [0.1, 0.15) is 18.1 Å². The summed E-state index contributed by atoms with van der Waals surface area (Å²) >= 11 is 0. The fourth-order valence-electron chi connectivity index (χ4n) is 2.29. The summed E-state index contributed by atoms with van der Waals surface area (Å²) in [5, 5.41) is 5.96. The number of aliphatic imine (C=N–C) groups is 1. The molecule has 0 saturated heterocycles. The number of guanidine groups is 1. The van der Waals surface area contributed by atoms with Crippen molar-refractivity contribution in [3.05, 3.63) is 35.4 Å². The minimum absolute atomic E-state index is 0.140. The van der Waals surface area contributed by atoms with Crippen LogP contribution in [-0.2, 0) is 17.9 Å². The highest BCUT2D eigenvalue weighted by Gasteiger charge is 2.29. The van der Waals surface area contributed by atoms with E-state index in [-0.39, 0.29) is 19.7 Å². The number of hydrogen-bond acceptors (Lipinski definition) is 3. The molecule has 0 fully saturated rings. The van der Waals surface area contributed by atoms with Gasteiger partial charge in [-0.1, -0.05) is 24.3 Å². The summed E-state index contributed by atoms with van der Waals surface area (Å²) in [6.45, 7) is 0.805. The van der Waals surface area contributed by atoms with Crippen LogP contribution in [0, 0.1) is 0 Å². The van der Waals surface area contributed by atoms with Crippen LogP contribution in [-0.4, -0.2) is 63.0 Å². The molecule has 5 nitrogen and oxygen atoms in total. The van der Waals surface area contributed by atoms with Gasteiger partial charge in [-0.25, -0.2) is 4.99 Å². The summed E-state index contributed by atoms with van der Waals surface area (Å²) < 4.78 is 77.7. The molecule has 0 spiro atoms. The van der Waals surface area contributed by atoms with E-state index in [1.165, 1.54) is 7.05 Å². The van der Waals surface area contributed by atoms with Gasteiger partial charge in [-0.05, 0) is 25.1 Å². The Morgan fingerprint density at radius 1 is 1.00 bits per heavy atom. The van der Waals surface area contributed by atoms with Crippen molar-refractivity contribution >= 4 is 5.96 Å². The van der Waals surface area contributed by atoms with Gasteiger partial charge in [-0.3, -0.25) is 4.90 Å². The lowest BCUT2D eigenvalue weighted by Gasteiger charge is -2.19. The summed E-state index contributed by atoms with van der Waals surface area (Å²) in [5.74, 6) is 0.463. The van der Waals surface area contributed by atoms with Gasteiger partial charge in [0.25, 0.3) is 0 Å². The van der Waals surface area contributed by atoms with Gasteiger partial charge in [0.15, 0.2) is 5.96 Å². The number of nitrogens with zero attached hydrogens (tertiary/aromatic N) is 2. The largest absolute Gasteiger partial charge is 0.411 e. The van der Waals surface area contributed by atoms with Gasteiger partial charge in [0.1, 0.15) is 6.61 Å². The maximum Gasteiger partial charge on any atom is 0.411 e. The van der Waals surface area contributed by atoms with E-state index in [0.29, 0.717) is 24.6 Å². The van der Waals surface area contributed by atoms with Crippen molar-refractivity contribution in [1.29, 1.82) is 0 Å². The summed E-state index contributed by atoms with van der Waals surface area (Å²) in [4.78, 5) is 5.52. The molecule has 0 heterocycles. The lowest BCUT2D eigenvalue weighted by atomic mass is 10.1. The van der Waals surface area contributed by atoms with Crippen molar-refractivity contribution in [2.75, 3.05) is 39.8 Å². The Morgan fingerprint density at radius 2 is 1.62 bits per heavy atom. The predicted octanol–water partition coefficient (Wildman–Crippen LogP) is 3.31. The number of rotatable bonds is 10. The third kappa shape index (κ3) is 12.9. The van der Waals surface area contributed by atoms with Crippen LogP contribution < -0.4 is 10.6 Å². The molecule has 2 N–H and O–H groups in total. The Balaban J connectivity index is 2.47. The van der Waals surface area contributed by atoms with Crippen LogP contribution in [0.15, 0.2) is 29.3 Å². The first-order valence-electron chi connectivity index (χ1n) is 8.98.